The van der Waals surface area contributed by atoms with Crippen molar-refractivity contribution < 1.29 is 28.7 Å². The molecule has 0 unspecified atom stereocenters. The van der Waals surface area contributed by atoms with Crippen LogP contribution < -0.4 is 0 Å². The van der Waals surface area contributed by atoms with Crippen LogP contribution in [0.4, 0.5) is 4.79 Å². The molecule has 198 valence electrons. The smallest absolute Gasteiger partial charge is 0.416 e. The number of Topliss-reactive ketones (excluding diaryl/α,β-unsaturated/α-hetero) is 1. The summed E-state index contributed by atoms with van der Waals surface area (Å²) in [6.45, 7) is -0.127. The summed E-state index contributed by atoms with van der Waals surface area (Å²) in [4.78, 5) is 54.6. The number of piperidine rings is 1. The molecule has 4 aromatic rings. The second-order valence-corrected chi connectivity index (χ2v) is 9.53. The van der Waals surface area contributed by atoms with Gasteiger partial charge in [-0.2, -0.15) is 0 Å². The molecule has 8 heteroatoms. The van der Waals surface area contributed by atoms with E-state index in [2.05, 4.69) is 0 Å². The molecule has 1 saturated heterocycles. The molecule has 0 aliphatic carbocycles. The molecule has 1 aliphatic rings. The number of aromatic nitrogens is 1. The summed E-state index contributed by atoms with van der Waals surface area (Å²) in [6.07, 6.45) is 0.963. The van der Waals surface area contributed by atoms with Gasteiger partial charge in [0.05, 0.1) is 0 Å². The first-order chi connectivity index (χ1) is 18.9. The number of aryl methyl sites for hydroxylation is 1. The number of esters is 1. The maximum absolute atomic E-state index is 13.8. The number of amides is 2. The molecule has 2 atom stereocenters. The van der Waals surface area contributed by atoms with Gasteiger partial charge in [0.2, 0.25) is 5.91 Å². The minimum atomic E-state index is -1.47. The first-order valence-corrected chi connectivity index (χ1v) is 12.7. The van der Waals surface area contributed by atoms with Gasteiger partial charge < -0.3 is 14.0 Å². The number of imide groups is 1. The Hall–Kier alpha value is -4.72. The van der Waals surface area contributed by atoms with E-state index in [9.17, 15) is 19.2 Å². The Morgan fingerprint density at radius 3 is 2.08 bits per heavy atom. The molecule has 3 aromatic carbocycles. The third-order valence-corrected chi connectivity index (χ3v) is 7.00. The topological polar surface area (TPSA) is 94.9 Å². The van der Waals surface area contributed by atoms with E-state index in [1.165, 1.54) is 0 Å². The summed E-state index contributed by atoms with van der Waals surface area (Å²) in [6, 6.07) is 25.6. The number of carbonyl (C=O) groups is 4. The minimum Gasteiger partial charge on any atom is -0.460 e. The monoisotopic (exact) mass is 524 g/mol. The van der Waals surface area contributed by atoms with Gasteiger partial charge >= 0.3 is 12.1 Å². The number of para-hydroxylation sites is 1. The molecular weight excluding hydrogens is 496 g/mol. The molecule has 0 saturated carbocycles. The molecule has 1 aromatic heterocycles. The number of benzene rings is 3. The van der Waals surface area contributed by atoms with Crippen LogP contribution in [0.3, 0.4) is 0 Å². The number of likely N-dealkylation sites (tertiary alicyclic amines) is 1. The van der Waals surface area contributed by atoms with E-state index in [4.69, 9.17) is 9.47 Å². The maximum Gasteiger partial charge on any atom is 0.416 e. The molecule has 1 aliphatic heterocycles. The number of hydrogen-bond donors (Lipinski definition) is 0. The zero-order valence-corrected chi connectivity index (χ0v) is 21.5. The van der Waals surface area contributed by atoms with Gasteiger partial charge in [-0.05, 0) is 23.6 Å². The fourth-order valence-corrected chi connectivity index (χ4v) is 4.97. The third-order valence-electron chi connectivity index (χ3n) is 7.00. The number of rotatable bonds is 7. The molecule has 0 spiro atoms. The number of ketones is 1. The summed E-state index contributed by atoms with van der Waals surface area (Å²) in [5.74, 6) is -4.43. The van der Waals surface area contributed by atoms with Crippen LogP contribution in [0.1, 0.15) is 27.9 Å². The van der Waals surface area contributed by atoms with Crippen LogP contribution >= 0.6 is 0 Å². The highest BCUT2D eigenvalue weighted by molar-refractivity contribution is 6.14. The van der Waals surface area contributed by atoms with Crippen LogP contribution in [-0.2, 0) is 39.3 Å². The van der Waals surface area contributed by atoms with Crippen LogP contribution in [-0.4, -0.2) is 39.8 Å². The van der Waals surface area contributed by atoms with Crippen molar-refractivity contribution in [3.63, 3.8) is 0 Å². The number of fused-ring (bicyclic) bond motifs is 1. The van der Waals surface area contributed by atoms with Crippen molar-refractivity contribution in [3.05, 3.63) is 108 Å². The Labute approximate surface area is 225 Å². The lowest BCUT2D eigenvalue weighted by atomic mass is 9.79. The molecule has 0 bridgehead atoms. The maximum atomic E-state index is 13.8. The quantitative estimate of drug-likeness (QED) is 0.194. The van der Waals surface area contributed by atoms with Gasteiger partial charge in [-0.25, -0.2) is 9.69 Å². The lowest BCUT2D eigenvalue weighted by molar-refractivity contribution is -0.160. The van der Waals surface area contributed by atoms with Crippen LogP contribution in [0.25, 0.3) is 10.9 Å². The summed E-state index contributed by atoms with van der Waals surface area (Å²) in [5.41, 5.74) is 2.78. The van der Waals surface area contributed by atoms with Gasteiger partial charge in [0.25, 0.3) is 0 Å². The SMILES string of the molecule is Cn1cc(C(=O)[C@H]2CCN(C(=O)OCc3ccccc3)C(=O)[C@@H]2C(=O)OCc2ccccc2)c2ccccc21. The molecule has 0 radical (unpaired) electrons. The second kappa shape index (κ2) is 11.3. The highest BCUT2D eigenvalue weighted by Crippen LogP contribution is 2.33. The van der Waals surface area contributed by atoms with Crippen molar-refractivity contribution in [3.8, 4) is 0 Å². The average molecular weight is 525 g/mol. The molecule has 2 amide bonds. The summed E-state index contributed by atoms with van der Waals surface area (Å²) in [5, 5.41) is 0.735. The summed E-state index contributed by atoms with van der Waals surface area (Å²) < 4.78 is 12.7. The Balaban J connectivity index is 1.40. The molecule has 0 N–H and O–H groups in total. The Kier molecular flexibility index (Phi) is 7.54. The van der Waals surface area contributed by atoms with Crippen LogP contribution in [0, 0.1) is 11.8 Å². The van der Waals surface area contributed by atoms with E-state index < -0.39 is 29.8 Å². The van der Waals surface area contributed by atoms with E-state index in [-0.39, 0.29) is 32.0 Å². The zero-order valence-electron chi connectivity index (χ0n) is 21.5. The summed E-state index contributed by atoms with van der Waals surface area (Å²) in [7, 11) is 1.83. The molecule has 5 rings (SSSR count). The van der Waals surface area contributed by atoms with E-state index in [1.54, 1.807) is 30.5 Å². The lowest BCUT2D eigenvalue weighted by Gasteiger charge is -2.34. The predicted molar refractivity (Wildman–Crippen MR) is 143 cm³/mol. The van der Waals surface area contributed by atoms with Gasteiger partial charge in [0.15, 0.2) is 5.78 Å². The number of nitrogens with zero attached hydrogens (tertiary/aromatic N) is 2. The second-order valence-electron chi connectivity index (χ2n) is 9.53. The Morgan fingerprint density at radius 1 is 0.821 bits per heavy atom. The largest absolute Gasteiger partial charge is 0.460 e. The van der Waals surface area contributed by atoms with E-state index in [1.807, 2.05) is 72.3 Å². The Morgan fingerprint density at radius 2 is 1.41 bits per heavy atom. The normalized spacial score (nSPS) is 17.2. The van der Waals surface area contributed by atoms with Gasteiger partial charge in [0.1, 0.15) is 19.1 Å². The zero-order chi connectivity index (χ0) is 27.4. The average Bonchev–Trinajstić information content (AvgIpc) is 3.31. The van der Waals surface area contributed by atoms with Crippen molar-refractivity contribution in [1.29, 1.82) is 0 Å². The first-order valence-electron chi connectivity index (χ1n) is 12.7. The predicted octanol–water partition coefficient (Wildman–Crippen LogP) is 4.91. The van der Waals surface area contributed by atoms with Crippen LogP contribution in [0.15, 0.2) is 91.1 Å². The van der Waals surface area contributed by atoms with Crippen molar-refractivity contribution in [2.24, 2.45) is 18.9 Å². The summed E-state index contributed by atoms with van der Waals surface area (Å²) >= 11 is 0. The Bertz CT molecular complexity index is 1510. The molecule has 1 fully saturated rings. The fraction of sp³-hybridized carbons (Fsp3) is 0.226. The van der Waals surface area contributed by atoms with Gasteiger partial charge in [0, 0.05) is 42.2 Å². The standard InChI is InChI=1S/C31H28N2O6/c1-32-18-25(23-14-8-9-15-26(23)32)28(34)24-16-17-33(31(37)39-20-22-12-6-3-7-13-22)29(35)27(24)30(36)38-19-21-10-4-2-5-11-21/h2-15,18,24,27H,16-17,19-20H2,1H3/t24-,27+/m0/s1. The minimum absolute atomic E-state index is 0.0229. The molecule has 8 nitrogen and oxygen atoms in total. The molecule has 2 heterocycles. The van der Waals surface area contributed by atoms with E-state index in [0.717, 1.165) is 26.9 Å². The van der Waals surface area contributed by atoms with Gasteiger partial charge in [-0.15, -0.1) is 0 Å². The first kappa shape index (κ1) is 25.9. The van der Waals surface area contributed by atoms with Gasteiger partial charge in [-0.1, -0.05) is 78.9 Å². The molecular formula is C31H28N2O6. The van der Waals surface area contributed by atoms with E-state index >= 15 is 0 Å². The highest BCUT2D eigenvalue weighted by atomic mass is 16.6. The van der Waals surface area contributed by atoms with Crippen molar-refractivity contribution >= 4 is 34.7 Å². The highest BCUT2D eigenvalue weighted by Gasteiger charge is 2.48. The number of hydrogen-bond acceptors (Lipinski definition) is 6. The fourth-order valence-electron chi connectivity index (χ4n) is 4.97. The third kappa shape index (κ3) is 5.45. The van der Waals surface area contributed by atoms with Crippen molar-refractivity contribution in [1.82, 2.24) is 9.47 Å². The van der Waals surface area contributed by atoms with Crippen LogP contribution in [0.5, 0.6) is 0 Å². The number of carbonyl (C=O) groups excluding carboxylic acids is 4. The van der Waals surface area contributed by atoms with Crippen LogP contribution in [0.2, 0.25) is 0 Å². The van der Waals surface area contributed by atoms with Gasteiger partial charge in [-0.3, -0.25) is 14.4 Å². The van der Waals surface area contributed by atoms with Crippen molar-refractivity contribution in [2.75, 3.05) is 6.54 Å². The lowest BCUT2D eigenvalue weighted by Crippen LogP contribution is -2.53. The number of ether oxygens (including phenoxy) is 2. The van der Waals surface area contributed by atoms with Crippen molar-refractivity contribution in [2.45, 2.75) is 19.6 Å². The van der Waals surface area contributed by atoms with E-state index in [0.29, 0.717) is 5.56 Å². The molecule has 39 heavy (non-hydrogen) atoms.